The number of nitrogen functional groups attached to an aromatic ring is 1. The molecule has 0 aliphatic carbocycles. The minimum atomic E-state index is 0.648. The minimum absolute atomic E-state index is 0.648. The normalized spacial score (nSPS) is 13.1. The summed E-state index contributed by atoms with van der Waals surface area (Å²) in [5.41, 5.74) is 8.14. The Hall–Kier alpha value is -1.61. The number of hydrogen-bond donors (Lipinski definition) is 1. The van der Waals surface area contributed by atoms with Gasteiger partial charge in [0.1, 0.15) is 5.82 Å². The maximum absolute atomic E-state index is 6.06. The van der Waals surface area contributed by atoms with Gasteiger partial charge in [-0.05, 0) is 25.1 Å². The van der Waals surface area contributed by atoms with Crippen molar-refractivity contribution < 1.29 is 0 Å². The van der Waals surface area contributed by atoms with Gasteiger partial charge in [0.05, 0.1) is 5.52 Å². The molecule has 0 bridgehead atoms. The lowest BCUT2D eigenvalue weighted by atomic mass is 10.1. The van der Waals surface area contributed by atoms with E-state index in [2.05, 4.69) is 42.9 Å². The van der Waals surface area contributed by atoms with Gasteiger partial charge in [-0.3, -0.25) is 0 Å². The van der Waals surface area contributed by atoms with Gasteiger partial charge in [0.15, 0.2) is 0 Å². The molecule has 0 amide bonds. The number of benzene rings is 1. The number of para-hydroxylation sites is 1. The number of nitrogens with zero attached hydrogens (tertiary/aromatic N) is 2. The molecule has 3 nitrogen and oxygen atoms in total. The van der Waals surface area contributed by atoms with Crippen molar-refractivity contribution in [2.75, 3.05) is 19.3 Å². The molecule has 1 aromatic carbocycles. The van der Waals surface area contributed by atoms with Gasteiger partial charge >= 0.3 is 0 Å². The van der Waals surface area contributed by atoms with Gasteiger partial charge in [-0.25, -0.2) is 4.98 Å². The van der Waals surface area contributed by atoms with Crippen molar-refractivity contribution in [3.8, 4) is 0 Å². The third-order valence-corrected chi connectivity index (χ3v) is 3.60. The highest BCUT2D eigenvalue weighted by atomic mass is 15.1. The smallest absolute Gasteiger partial charge is 0.128 e. The van der Waals surface area contributed by atoms with Gasteiger partial charge in [0, 0.05) is 24.0 Å². The number of anilines is 1. The van der Waals surface area contributed by atoms with Crippen LogP contribution in [0.5, 0.6) is 0 Å². The third-order valence-electron chi connectivity index (χ3n) is 3.60. The Bertz CT molecular complexity index is 551. The first kappa shape index (κ1) is 13.8. The number of aromatic nitrogens is 1. The third kappa shape index (κ3) is 3.44. The zero-order chi connectivity index (χ0) is 13.8. The van der Waals surface area contributed by atoms with Crippen LogP contribution in [0.2, 0.25) is 0 Å². The molecular formula is C16H23N3. The monoisotopic (exact) mass is 257 g/mol. The summed E-state index contributed by atoms with van der Waals surface area (Å²) >= 11 is 0. The van der Waals surface area contributed by atoms with Gasteiger partial charge < -0.3 is 10.6 Å². The van der Waals surface area contributed by atoms with Crippen LogP contribution in [0.1, 0.15) is 25.8 Å². The Morgan fingerprint density at radius 2 is 2.05 bits per heavy atom. The Kier molecular flexibility index (Phi) is 4.38. The Morgan fingerprint density at radius 1 is 1.32 bits per heavy atom. The van der Waals surface area contributed by atoms with E-state index in [1.165, 1.54) is 6.42 Å². The number of pyridine rings is 1. The van der Waals surface area contributed by atoms with Gasteiger partial charge in [-0.2, -0.15) is 0 Å². The van der Waals surface area contributed by atoms with E-state index in [0.717, 1.165) is 29.6 Å². The number of hydrogen-bond acceptors (Lipinski definition) is 3. The van der Waals surface area contributed by atoms with Gasteiger partial charge in [-0.15, -0.1) is 0 Å². The predicted octanol–water partition coefficient (Wildman–Crippen LogP) is 3.29. The topological polar surface area (TPSA) is 42.2 Å². The molecule has 0 radical (unpaired) electrons. The van der Waals surface area contributed by atoms with E-state index in [4.69, 9.17) is 5.73 Å². The molecule has 0 fully saturated rings. The van der Waals surface area contributed by atoms with Crippen molar-refractivity contribution in [2.24, 2.45) is 5.92 Å². The van der Waals surface area contributed by atoms with E-state index in [-0.39, 0.29) is 0 Å². The van der Waals surface area contributed by atoms with E-state index >= 15 is 0 Å². The number of rotatable bonds is 5. The zero-order valence-electron chi connectivity index (χ0n) is 12.1. The lowest BCUT2D eigenvalue weighted by Gasteiger charge is -2.21. The predicted molar refractivity (Wildman–Crippen MR) is 81.9 cm³/mol. The SMILES string of the molecule is CCC(C)CN(C)Cc1cc2ccccc2nc1N. The van der Waals surface area contributed by atoms with Crippen LogP contribution in [-0.2, 0) is 6.54 Å². The second-order valence-electron chi connectivity index (χ2n) is 5.44. The number of fused-ring (bicyclic) bond motifs is 1. The van der Waals surface area contributed by atoms with Crippen molar-refractivity contribution >= 4 is 16.7 Å². The van der Waals surface area contributed by atoms with Crippen LogP contribution in [0.25, 0.3) is 10.9 Å². The van der Waals surface area contributed by atoms with Crippen LogP contribution in [-0.4, -0.2) is 23.5 Å². The molecule has 0 aliphatic heterocycles. The zero-order valence-corrected chi connectivity index (χ0v) is 12.1. The fraction of sp³-hybridized carbons (Fsp3) is 0.438. The van der Waals surface area contributed by atoms with E-state index in [9.17, 15) is 0 Å². The second kappa shape index (κ2) is 6.02. The molecule has 19 heavy (non-hydrogen) atoms. The molecule has 2 aromatic rings. The van der Waals surface area contributed by atoms with Crippen molar-refractivity contribution in [3.63, 3.8) is 0 Å². The molecular weight excluding hydrogens is 234 g/mol. The second-order valence-corrected chi connectivity index (χ2v) is 5.44. The van der Waals surface area contributed by atoms with Crippen LogP contribution in [0, 0.1) is 5.92 Å². The Morgan fingerprint density at radius 3 is 2.79 bits per heavy atom. The quantitative estimate of drug-likeness (QED) is 0.893. The average Bonchev–Trinajstić information content (AvgIpc) is 2.39. The van der Waals surface area contributed by atoms with Crippen LogP contribution < -0.4 is 5.73 Å². The summed E-state index contributed by atoms with van der Waals surface area (Å²) in [5.74, 6) is 1.36. The van der Waals surface area contributed by atoms with Crippen molar-refractivity contribution in [1.82, 2.24) is 9.88 Å². The molecule has 102 valence electrons. The fourth-order valence-electron chi connectivity index (χ4n) is 2.32. The molecule has 1 atom stereocenters. The Labute approximate surface area is 115 Å². The van der Waals surface area contributed by atoms with Gasteiger partial charge in [-0.1, -0.05) is 38.5 Å². The molecule has 0 saturated heterocycles. The summed E-state index contributed by atoms with van der Waals surface area (Å²) in [6.07, 6.45) is 1.20. The van der Waals surface area contributed by atoms with E-state index in [1.54, 1.807) is 0 Å². The summed E-state index contributed by atoms with van der Waals surface area (Å²) in [6.45, 7) is 6.44. The van der Waals surface area contributed by atoms with E-state index < -0.39 is 0 Å². The van der Waals surface area contributed by atoms with Crippen molar-refractivity contribution in [3.05, 3.63) is 35.9 Å². The standard InChI is InChI=1S/C16H23N3/c1-4-12(2)10-19(3)11-14-9-13-7-5-6-8-15(13)18-16(14)17/h5-9,12H,4,10-11H2,1-3H3,(H2,17,18). The number of nitrogens with two attached hydrogens (primary N) is 1. The summed E-state index contributed by atoms with van der Waals surface area (Å²) < 4.78 is 0. The highest BCUT2D eigenvalue weighted by Crippen LogP contribution is 2.19. The van der Waals surface area contributed by atoms with Crippen molar-refractivity contribution in [1.29, 1.82) is 0 Å². The maximum atomic E-state index is 6.06. The molecule has 1 unspecified atom stereocenters. The molecule has 2 N–H and O–H groups in total. The molecule has 3 heteroatoms. The summed E-state index contributed by atoms with van der Waals surface area (Å²) in [4.78, 5) is 6.79. The molecule has 2 rings (SSSR count). The maximum Gasteiger partial charge on any atom is 0.128 e. The molecule has 1 aromatic heterocycles. The van der Waals surface area contributed by atoms with Crippen LogP contribution in [0.4, 0.5) is 5.82 Å². The van der Waals surface area contributed by atoms with Crippen LogP contribution in [0.15, 0.2) is 30.3 Å². The first-order valence-corrected chi connectivity index (χ1v) is 6.92. The fourth-order valence-corrected chi connectivity index (χ4v) is 2.32. The van der Waals surface area contributed by atoms with Gasteiger partial charge in [0.25, 0.3) is 0 Å². The molecule has 0 saturated carbocycles. The van der Waals surface area contributed by atoms with Crippen LogP contribution >= 0.6 is 0 Å². The van der Waals surface area contributed by atoms with Gasteiger partial charge in [0.2, 0.25) is 0 Å². The molecule has 1 heterocycles. The highest BCUT2D eigenvalue weighted by molar-refractivity contribution is 5.81. The van der Waals surface area contributed by atoms with Crippen molar-refractivity contribution in [2.45, 2.75) is 26.8 Å². The summed E-state index contributed by atoms with van der Waals surface area (Å²) in [5, 5.41) is 1.16. The Balaban J connectivity index is 2.18. The first-order chi connectivity index (χ1) is 9.10. The molecule has 0 aliphatic rings. The van der Waals surface area contributed by atoms with Crippen LogP contribution in [0.3, 0.4) is 0 Å². The minimum Gasteiger partial charge on any atom is -0.383 e. The van der Waals surface area contributed by atoms with E-state index in [1.807, 2.05) is 18.2 Å². The lowest BCUT2D eigenvalue weighted by molar-refractivity contribution is 0.275. The highest BCUT2D eigenvalue weighted by Gasteiger charge is 2.09. The molecule has 0 spiro atoms. The van der Waals surface area contributed by atoms with E-state index in [0.29, 0.717) is 11.7 Å². The summed E-state index contributed by atoms with van der Waals surface area (Å²) in [6, 6.07) is 10.3. The largest absolute Gasteiger partial charge is 0.383 e. The first-order valence-electron chi connectivity index (χ1n) is 6.92. The lowest BCUT2D eigenvalue weighted by Crippen LogP contribution is -2.24. The summed E-state index contributed by atoms with van der Waals surface area (Å²) in [7, 11) is 2.14. The average molecular weight is 257 g/mol.